The highest BCUT2D eigenvalue weighted by Gasteiger charge is 2.50. The summed E-state index contributed by atoms with van der Waals surface area (Å²) < 4.78 is 41.5. The lowest BCUT2D eigenvalue weighted by atomic mass is 9.99. The molecule has 10 heteroatoms. The standard InChI is InChI=1S/C31H35F2N5O3/c32-31(33)19-37(16-20-3-6-27-22(12-20)14-35-29(36-27)21-7-10-40-11-8-21)18-28(31)41-25-4-5-26-23(13-25)17-38(30(26)39)24-2-1-9-34-15-24/h3-6,12-14,21,24,28,34H,1-2,7-11,15-19H2/t24-,28+/m0/s1. The molecule has 2 atom stereocenters. The third-order valence-corrected chi connectivity index (χ3v) is 8.88. The van der Waals surface area contributed by atoms with Crippen LogP contribution in [-0.2, 0) is 17.8 Å². The predicted molar refractivity (Wildman–Crippen MR) is 149 cm³/mol. The van der Waals surface area contributed by atoms with Gasteiger partial charge in [0.2, 0.25) is 0 Å². The second-order valence-corrected chi connectivity index (χ2v) is 11.8. The lowest BCUT2D eigenvalue weighted by Crippen LogP contribution is -2.46. The molecule has 5 heterocycles. The molecule has 3 aromatic rings. The van der Waals surface area contributed by atoms with Crippen LogP contribution in [0.1, 0.15) is 58.9 Å². The minimum Gasteiger partial charge on any atom is -0.483 e. The van der Waals surface area contributed by atoms with Crippen molar-refractivity contribution in [2.24, 2.45) is 0 Å². The Hall–Kier alpha value is -3.21. The first-order valence-corrected chi connectivity index (χ1v) is 14.7. The van der Waals surface area contributed by atoms with E-state index in [1.165, 1.54) is 0 Å². The van der Waals surface area contributed by atoms with Crippen LogP contribution in [0.15, 0.2) is 42.6 Å². The van der Waals surface area contributed by atoms with Crippen molar-refractivity contribution in [1.29, 1.82) is 0 Å². The Labute approximate surface area is 238 Å². The van der Waals surface area contributed by atoms with E-state index in [4.69, 9.17) is 14.5 Å². The van der Waals surface area contributed by atoms with Crippen LogP contribution in [0, 0.1) is 0 Å². The summed E-state index contributed by atoms with van der Waals surface area (Å²) in [5.74, 6) is -1.43. The topological polar surface area (TPSA) is 79.8 Å². The first-order chi connectivity index (χ1) is 19.9. The summed E-state index contributed by atoms with van der Waals surface area (Å²) in [7, 11) is 0. The van der Waals surface area contributed by atoms with Gasteiger partial charge in [-0.25, -0.2) is 18.7 Å². The third-order valence-electron chi connectivity index (χ3n) is 8.88. The van der Waals surface area contributed by atoms with Gasteiger partial charge >= 0.3 is 0 Å². The number of hydrogen-bond acceptors (Lipinski definition) is 7. The van der Waals surface area contributed by atoms with E-state index in [2.05, 4.69) is 10.3 Å². The van der Waals surface area contributed by atoms with Crippen LogP contribution in [0.5, 0.6) is 5.75 Å². The van der Waals surface area contributed by atoms with E-state index in [9.17, 15) is 4.79 Å². The first-order valence-electron chi connectivity index (χ1n) is 14.7. The number of ether oxygens (including phenoxy) is 2. The zero-order chi connectivity index (χ0) is 28.0. The van der Waals surface area contributed by atoms with Gasteiger partial charge in [-0.2, -0.15) is 0 Å². The summed E-state index contributed by atoms with van der Waals surface area (Å²) in [6.07, 6.45) is 4.44. The van der Waals surface area contributed by atoms with Gasteiger partial charge in [-0.05, 0) is 73.7 Å². The van der Waals surface area contributed by atoms with E-state index in [0.29, 0.717) is 30.3 Å². The number of likely N-dealkylation sites (tertiary alicyclic amines) is 1. The van der Waals surface area contributed by atoms with Gasteiger partial charge in [0.15, 0.2) is 6.10 Å². The molecule has 7 rings (SSSR count). The van der Waals surface area contributed by atoms with Crippen molar-refractivity contribution in [3.8, 4) is 5.75 Å². The average molecular weight is 564 g/mol. The van der Waals surface area contributed by atoms with E-state index in [-0.39, 0.29) is 25.0 Å². The fourth-order valence-corrected chi connectivity index (χ4v) is 6.63. The van der Waals surface area contributed by atoms with Gasteiger partial charge in [-0.15, -0.1) is 0 Å². The highest BCUT2D eigenvalue weighted by atomic mass is 19.3. The van der Waals surface area contributed by atoms with E-state index < -0.39 is 12.0 Å². The Balaban J connectivity index is 1.00. The van der Waals surface area contributed by atoms with Gasteiger partial charge in [0, 0.05) is 68.5 Å². The van der Waals surface area contributed by atoms with Crippen LogP contribution in [-0.4, -0.2) is 83.1 Å². The minimum atomic E-state index is -2.99. The van der Waals surface area contributed by atoms with Crippen LogP contribution in [0.25, 0.3) is 10.9 Å². The average Bonchev–Trinajstić information content (AvgIpc) is 3.47. The predicted octanol–water partition coefficient (Wildman–Crippen LogP) is 4.13. The van der Waals surface area contributed by atoms with Crippen molar-refractivity contribution in [2.45, 2.75) is 62.8 Å². The van der Waals surface area contributed by atoms with Crippen molar-refractivity contribution in [2.75, 3.05) is 39.4 Å². The van der Waals surface area contributed by atoms with E-state index in [1.54, 1.807) is 23.1 Å². The van der Waals surface area contributed by atoms with Crippen LogP contribution in [0.3, 0.4) is 0 Å². The molecule has 0 radical (unpaired) electrons. The largest absolute Gasteiger partial charge is 0.483 e. The van der Waals surface area contributed by atoms with Crippen LogP contribution < -0.4 is 10.1 Å². The Morgan fingerprint density at radius 3 is 2.83 bits per heavy atom. The fraction of sp³-hybridized carbons (Fsp3) is 0.516. The quantitative estimate of drug-likeness (QED) is 0.483. The second kappa shape index (κ2) is 10.9. The monoisotopic (exact) mass is 563 g/mol. The maximum atomic E-state index is 15.1. The molecule has 0 saturated carbocycles. The molecule has 3 saturated heterocycles. The van der Waals surface area contributed by atoms with Crippen molar-refractivity contribution in [1.82, 2.24) is 25.1 Å². The Morgan fingerprint density at radius 1 is 1.12 bits per heavy atom. The number of alkyl halides is 2. The smallest absolute Gasteiger partial charge is 0.297 e. The molecule has 41 heavy (non-hydrogen) atoms. The molecule has 1 N–H and O–H groups in total. The summed E-state index contributed by atoms with van der Waals surface area (Å²) in [5.41, 5.74) is 3.29. The molecule has 3 fully saturated rings. The Morgan fingerprint density at radius 2 is 2.00 bits per heavy atom. The number of hydrogen-bond donors (Lipinski definition) is 1. The highest BCUT2D eigenvalue weighted by Crippen LogP contribution is 2.35. The van der Waals surface area contributed by atoms with Gasteiger partial charge in [0.25, 0.3) is 11.8 Å². The molecule has 8 nitrogen and oxygen atoms in total. The fourth-order valence-electron chi connectivity index (χ4n) is 6.63. The molecular formula is C31H35F2N5O3. The number of nitrogens with zero attached hydrogens (tertiary/aromatic N) is 4. The number of piperidine rings is 1. The maximum absolute atomic E-state index is 15.1. The van der Waals surface area contributed by atoms with Gasteiger partial charge in [0.05, 0.1) is 12.1 Å². The Bertz CT molecular complexity index is 1440. The number of nitrogens with one attached hydrogen (secondary N) is 1. The second-order valence-electron chi connectivity index (χ2n) is 11.8. The van der Waals surface area contributed by atoms with Crippen LogP contribution >= 0.6 is 0 Å². The zero-order valence-electron chi connectivity index (χ0n) is 23.0. The summed E-state index contributed by atoms with van der Waals surface area (Å²) in [5, 5.41) is 4.26. The summed E-state index contributed by atoms with van der Waals surface area (Å²) in [6, 6.07) is 11.2. The van der Waals surface area contributed by atoms with Gasteiger partial charge in [0.1, 0.15) is 11.6 Å². The number of fused-ring (bicyclic) bond motifs is 2. The molecule has 2 aromatic carbocycles. The number of carbonyl (C=O) groups excluding carboxylic acids is 1. The summed E-state index contributed by atoms with van der Waals surface area (Å²) in [6.45, 7) is 3.85. The SMILES string of the molecule is O=C1c2ccc(O[C@@H]3CN(Cc4ccc5nc(C6CCOCC6)ncc5c4)CC3(F)F)cc2CN1[C@H]1CCCNC1. The molecule has 0 spiro atoms. The summed E-state index contributed by atoms with van der Waals surface area (Å²) in [4.78, 5) is 26.0. The highest BCUT2D eigenvalue weighted by molar-refractivity contribution is 5.98. The number of amides is 1. The lowest BCUT2D eigenvalue weighted by Gasteiger charge is -2.31. The molecule has 0 unspecified atom stereocenters. The number of carbonyl (C=O) groups is 1. The zero-order valence-corrected chi connectivity index (χ0v) is 23.0. The first kappa shape index (κ1) is 26.7. The van der Waals surface area contributed by atoms with Gasteiger partial charge < -0.3 is 19.7 Å². The molecule has 4 aliphatic heterocycles. The van der Waals surface area contributed by atoms with Gasteiger partial charge in [-0.1, -0.05) is 6.07 Å². The molecule has 1 amide bonds. The normalized spacial score (nSPS) is 25.1. The van der Waals surface area contributed by atoms with Gasteiger partial charge in [-0.3, -0.25) is 9.69 Å². The molecule has 4 aliphatic rings. The molecule has 1 aromatic heterocycles. The van der Waals surface area contributed by atoms with Crippen molar-refractivity contribution in [3.63, 3.8) is 0 Å². The Kier molecular flexibility index (Phi) is 7.08. The molecule has 0 aliphatic carbocycles. The van der Waals surface area contributed by atoms with Crippen molar-refractivity contribution < 1.29 is 23.0 Å². The van der Waals surface area contributed by atoms with Crippen molar-refractivity contribution >= 4 is 16.8 Å². The maximum Gasteiger partial charge on any atom is 0.297 e. The molecule has 0 bridgehead atoms. The summed E-state index contributed by atoms with van der Waals surface area (Å²) >= 11 is 0. The van der Waals surface area contributed by atoms with Crippen LogP contribution in [0.2, 0.25) is 0 Å². The molecular weight excluding hydrogens is 528 g/mol. The number of halogens is 2. The minimum absolute atomic E-state index is 0.0122. The number of rotatable bonds is 6. The van der Waals surface area contributed by atoms with Crippen molar-refractivity contribution in [3.05, 3.63) is 65.1 Å². The number of aromatic nitrogens is 2. The lowest BCUT2D eigenvalue weighted by molar-refractivity contribution is -0.0620. The van der Waals surface area contributed by atoms with Crippen LogP contribution in [0.4, 0.5) is 8.78 Å². The third kappa shape index (κ3) is 5.40. The molecule has 216 valence electrons. The van der Waals surface area contributed by atoms with E-state index >= 15 is 8.78 Å². The van der Waals surface area contributed by atoms with E-state index in [0.717, 1.165) is 79.8 Å². The van der Waals surface area contributed by atoms with E-state index in [1.807, 2.05) is 29.3 Å². The number of benzene rings is 2.